The predicted octanol–water partition coefficient (Wildman–Crippen LogP) is 4.11. The molecule has 2 heterocycles. The number of para-hydroxylation sites is 1. The van der Waals surface area contributed by atoms with E-state index in [2.05, 4.69) is 9.47 Å². The summed E-state index contributed by atoms with van der Waals surface area (Å²) in [5.74, 6) is 0.513. The third kappa shape index (κ3) is 3.69. The summed E-state index contributed by atoms with van der Waals surface area (Å²) in [4.78, 5) is 13.7. The zero-order valence-corrected chi connectivity index (χ0v) is 16.2. The van der Waals surface area contributed by atoms with Crippen LogP contribution in [0.4, 0.5) is 5.69 Å². The Kier molecular flexibility index (Phi) is 5.22. The van der Waals surface area contributed by atoms with E-state index in [1.807, 2.05) is 42.6 Å². The van der Waals surface area contributed by atoms with Crippen molar-refractivity contribution in [2.45, 2.75) is 25.6 Å². The molecule has 0 amide bonds. The number of aromatic hydroxyl groups is 1. The van der Waals surface area contributed by atoms with Crippen LogP contribution < -0.4 is 4.74 Å². The number of aryl methyl sites for hydroxylation is 1. The third-order valence-electron chi connectivity index (χ3n) is 5.41. The number of phenolic OH excluding ortho intramolecular Hbond substituents is 1. The lowest BCUT2D eigenvalue weighted by atomic mass is 9.99. The molecule has 2 aromatic carbocycles. The van der Waals surface area contributed by atoms with Gasteiger partial charge in [-0.2, -0.15) is 0 Å². The lowest BCUT2D eigenvalue weighted by Crippen LogP contribution is -2.30. The Morgan fingerprint density at radius 1 is 1.17 bits per heavy atom. The van der Waals surface area contributed by atoms with Gasteiger partial charge in [0, 0.05) is 37.6 Å². The second-order valence-corrected chi connectivity index (χ2v) is 7.18. The Bertz CT molecular complexity index is 1030. The van der Waals surface area contributed by atoms with Crippen molar-refractivity contribution in [2.75, 3.05) is 13.7 Å². The van der Waals surface area contributed by atoms with Crippen molar-refractivity contribution in [3.05, 3.63) is 87.7 Å². The van der Waals surface area contributed by atoms with Gasteiger partial charge in [-0.25, -0.2) is 0 Å². The van der Waals surface area contributed by atoms with Crippen molar-refractivity contribution in [2.24, 2.45) is 0 Å². The van der Waals surface area contributed by atoms with E-state index in [1.165, 1.54) is 7.11 Å². The minimum absolute atomic E-state index is 0.0937. The van der Waals surface area contributed by atoms with E-state index in [0.717, 1.165) is 30.8 Å². The van der Waals surface area contributed by atoms with Crippen LogP contribution >= 0.6 is 0 Å². The number of benzene rings is 2. The van der Waals surface area contributed by atoms with Gasteiger partial charge < -0.3 is 14.4 Å². The standard InChI is InChI=1S/C22H23N3O4/c1-29-21-14-16(9-10-20(21)26)15-24-13-5-12-23-11-4-8-19(23)22(24)17-6-2-3-7-18(17)25(27)28/h2-4,6-11,14,22,26H,5,12-13,15H2,1H3. The van der Waals surface area contributed by atoms with Gasteiger partial charge >= 0.3 is 0 Å². The Labute approximate surface area is 168 Å². The molecule has 0 bridgehead atoms. The van der Waals surface area contributed by atoms with E-state index in [0.29, 0.717) is 17.9 Å². The van der Waals surface area contributed by atoms with Crippen molar-refractivity contribution >= 4 is 5.69 Å². The van der Waals surface area contributed by atoms with Crippen LogP contribution in [0.15, 0.2) is 60.8 Å². The lowest BCUT2D eigenvalue weighted by Gasteiger charge is -2.30. The van der Waals surface area contributed by atoms with Gasteiger partial charge in [-0.05, 0) is 36.2 Å². The number of hydrogen-bond donors (Lipinski definition) is 1. The average molecular weight is 393 g/mol. The molecule has 0 spiro atoms. The van der Waals surface area contributed by atoms with Crippen LogP contribution in [-0.2, 0) is 13.1 Å². The van der Waals surface area contributed by atoms with Crippen LogP contribution in [0.25, 0.3) is 0 Å². The summed E-state index contributed by atoms with van der Waals surface area (Å²) >= 11 is 0. The lowest BCUT2D eigenvalue weighted by molar-refractivity contribution is -0.385. The van der Waals surface area contributed by atoms with Crippen molar-refractivity contribution in [1.29, 1.82) is 0 Å². The molecule has 29 heavy (non-hydrogen) atoms. The van der Waals surface area contributed by atoms with Gasteiger partial charge in [0.1, 0.15) is 0 Å². The van der Waals surface area contributed by atoms with E-state index in [9.17, 15) is 15.2 Å². The topological polar surface area (TPSA) is 80.8 Å². The van der Waals surface area contributed by atoms with Crippen molar-refractivity contribution in [3.8, 4) is 11.5 Å². The average Bonchev–Trinajstić information content (AvgIpc) is 3.11. The molecule has 0 saturated carbocycles. The van der Waals surface area contributed by atoms with Crippen molar-refractivity contribution in [3.63, 3.8) is 0 Å². The highest BCUT2D eigenvalue weighted by atomic mass is 16.6. The van der Waals surface area contributed by atoms with Gasteiger partial charge in [0.25, 0.3) is 5.69 Å². The Morgan fingerprint density at radius 2 is 2.00 bits per heavy atom. The van der Waals surface area contributed by atoms with Gasteiger partial charge in [0.05, 0.1) is 23.6 Å². The number of nitrogens with zero attached hydrogens (tertiary/aromatic N) is 3. The van der Waals surface area contributed by atoms with E-state index in [1.54, 1.807) is 18.2 Å². The quantitative estimate of drug-likeness (QED) is 0.521. The molecule has 1 aromatic heterocycles. The molecule has 0 radical (unpaired) electrons. The predicted molar refractivity (Wildman–Crippen MR) is 109 cm³/mol. The molecule has 1 atom stereocenters. The molecular formula is C22H23N3O4. The van der Waals surface area contributed by atoms with E-state index in [4.69, 9.17) is 4.74 Å². The minimum Gasteiger partial charge on any atom is -0.504 e. The molecular weight excluding hydrogens is 370 g/mol. The number of fused-ring (bicyclic) bond motifs is 1. The summed E-state index contributed by atoms with van der Waals surface area (Å²) < 4.78 is 7.42. The first-order valence-electron chi connectivity index (χ1n) is 9.57. The number of methoxy groups -OCH3 is 1. The normalized spacial score (nSPS) is 16.8. The summed E-state index contributed by atoms with van der Waals surface area (Å²) in [6.07, 6.45) is 2.97. The van der Waals surface area contributed by atoms with Crippen LogP contribution in [0.1, 0.15) is 29.3 Å². The molecule has 1 N–H and O–H groups in total. The summed E-state index contributed by atoms with van der Waals surface area (Å²) in [7, 11) is 1.52. The fraction of sp³-hybridized carbons (Fsp3) is 0.273. The SMILES string of the molecule is COc1cc(CN2CCCn3cccc3C2c2ccccc2[N+](=O)[O-])ccc1O. The Morgan fingerprint density at radius 3 is 2.79 bits per heavy atom. The van der Waals surface area contributed by atoms with Crippen molar-refractivity contribution < 1.29 is 14.8 Å². The maximum Gasteiger partial charge on any atom is 0.274 e. The molecule has 3 aromatic rings. The van der Waals surface area contributed by atoms with Gasteiger partial charge in [0.2, 0.25) is 0 Å². The van der Waals surface area contributed by atoms with E-state index in [-0.39, 0.29) is 22.4 Å². The molecule has 150 valence electrons. The van der Waals surface area contributed by atoms with Gasteiger partial charge in [0.15, 0.2) is 11.5 Å². The number of phenols is 1. The number of ether oxygens (including phenoxy) is 1. The summed E-state index contributed by atoms with van der Waals surface area (Å²) in [6, 6.07) is 16.0. The maximum absolute atomic E-state index is 11.7. The van der Waals surface area contributed by atoms with Crippen LogP contribution in [0.3, 0.4) is 0 Å². The van der Waals surface area contributed by atoms with E-state index < -0.39 is 0 Å². The Balaban J connectivity index is 1.79. The fourth-order valence-corrected chi connectivity index (χ4v) is 4.11. The van der Waals surface area contributed by atoms with Gasteiger partial charge in [-0.3, -0.25) is 15.0 Å². The number of rotatable bonds is 5. The molecule has 1 aliphatic rings. The first-order chi connectivity index (χ1) is 14.1. The molecule has 0 fully saturated rings. The zero-order chi connectivity index (χ0) is 20.4. The molecule has 4 rings (SSSR count). The first kappa shape index (κ1) is 19.0. The highest BCUT2D eigenvalue weighted by Gasteiger charge is 2.32. The monoisotopic (exact) mass is 393 g/mol. The van der Waals surface area contributed by atoms with Gasteiger partial charge in [-0.15, -0.1) is 0 Å². The molecule has 1 unspecified atom stereocenters. The van der Waals surface area contributed by atoms with E-state index >= 15 is 0 Å². The van der Waals surface area contributed by atoms with Crippen LogP contribution in [-0.4, -0.2) is 33.2 Å². The van der Waals surface area contributed by atoms with Crippen LogP contribution in [0, 0.1) is 10.1 Å². The maximum atomic E-state index is 11.7. The third-order valence-corrected chi connectivity index (χ3v) is 5.41. The van der Waals surface area contributed by atoms with Crippen LogP contribution in [0.2, 0.25) is 0 Å². The highest BCUT2D eigenvalue weighted by molar-refractivity contribution is 5.46. The smallest absolute Gasteiger partial charge is 0.274 e. The number of nitro benzene ring substituents is 1. The summed E-state index contributed by atoms with van der Waals surface area (Å²) in [6.45, 7) is 2.25. The number of aromatic nitrogens is 1. The zero-order valence-electron chi connectivity index (χ0n) is 16.2. The largest absolute Gasteiger partial charge is 0.504 e. The fourth-order valence-electron chi connectivity index (χ4n) is 4.11. The summed E-state index contributed by atoms with van der Waals surface area (Å²) in [5, 5.41) is 21.6. The molecule has 7 nitrogen and oxygen atoms in total. The second kappa shape index (κ2) is 7.97. The molecule has 7 heteroatoms. The van der Waals surface area contributed by atoms with Crippen LogP contribution in [0.5, 0.6) is 11.5 Å². The number of nitro groups is 1. The first-order valence-corrected chi connectivity index (χ1v) is 9.57. The number of hydrogen-bond acceptors (Lipinski definition) is 5. The highest BCUT2D eigenvalue weighted by Crippen LogP contribution is 2.38. The molecule has 1 aliphatic heterocycles. The van der Waals surface area contributed by atoms with Gasteiger partial charge in [-0.1, -0.05) is 24.3 Å². The van der Waals surface area contributed by atoms with Crippen molar-refractivity contribution in [1.82, 2.24) is 9.47 Å². The minimum atomic E-state index is -0.310. The second-order valence-electron chi connectivity index (χ2n) is 7.18. The molecule has 0 aliphatic carbocycles. The molecule has 0 saturated heterocycles. The summed E-state index contributed by atoms with van der Waals surface area (Å²) in [5.41, 5.74) is 2.83. The Hall–Kier alpha value is -3.32.